The van der Waals surface area contributed by atoms with Gasteiger partial charge in [-0.25, -0.2) is 4.79 Å². The summed E-state index contributed by atoms with van der Waals surface area (Å²) in [5.41, 5.74) is 4.52. The largest absolute Gasteiger partial charge is 0.506 e. The van der Waals surface area contributed by atoms with Gasteiger partial charge in [0.2, 0.25) is 0 Å². The number of rotatable bonds is 1. The molecule has 4 rings (SSSR count). The van der Waals surface area contributed by atoms with Crippen molar-refractivity contribution in [2.45, 2.75) is 51.0 Å². The molecule has 0 saturated carbocycles. The van der Waals surface area contributed by atoms with Crippen LogP contribution in [0.1, 0.15) is 62.5 Å². The van der Waals surface area contributed by atoms with E-state index in [1.165, 1.54) is 16.7 Å². The molecule has 0 bridgehead atoms. The maximum absolute atomic E-state index is 11.3. The molecule has 2 aliphatic rings. The van der Waals surface area contributed by atoms with Gasteiger partial charge in [0, 0.05) is 11.8 Å². The first-order valence-electron chi connectivity index (χ1n) is 8.82. The van der Waals surface area contributed by atoms with Crippen LogP contribution in [-0.4, -0.2) is 11.3 Å². The Morgan fingerprint density at radius 2 is 1.52 bits per heavy atom. The summed E-state index contributed by atoms with van der Waals surface area (Å²) in [6.45, 7) is 9.23. The second-order valence-corrected chi connectivity index (χ2v) is 8.36. The second kappa shape index (κ2) is 4.87. The molecule has 0 amide bonds. The van der Waals surface area contributed by atoms with Gasteiger partial charge in [0.05, 0.1) is 0 Å². The van der Waals surface area contributed by atoms with Crippen molar-refractivity contribution >= 4 is 6.16 Å². The predicted molar refractivity (Wildman–Crippen MR) is 96.9 cm³/mol. The SMILES string of the molecule is CC1(C)c2ccccc2C2(CC(OC(=O)O)c3ccccc32)C1(C)C. The molecule has 0 heterocycles. The molecule has 0 saturated heterocycles. The molecule has 1 N–H and O–H groups in total. The monoisotopic (exact) mass is 336 g/mol. The Morgan fingerprint density at radius 1 is 0.960 bits per heavy atom. The molecule has 0 radical (unpaired) electrons. The molecule has 2 unspecified atom stereocenters. The molecule has 0 fully saturated rings. The third-order valence-electron chi connectivity index (χ3n) is 7.19. The Bertz CT molecular complexity index is 865. The zero-order chi connectivity index (χ0) is 18.0. The van der Waals surface area contributed by atoms with E-state index in [4.69, 9.17) is 4.74 Å². The number of carboxylic acid groups (broad SMARTS) is 1. The van der Waals surface area contributed by atoms with Crippen LogP contribution in [0.15, 0.2) is 48.5 Å². The van der Waals surface area contributed by atoms with E-state index >= 15 is 0 Å². The number of fused-ring (bicyclic) bond motifs is 4. The first kappa shape index (κ1) is 16.2. The van der Waals surface area contributed by atoms with Crippen LogP contribution in [0.2, 0.25) is 0 Å². The number of benzene rings is 2. The van der Waals surface area contributed by atoms with E-state index in [1.54, 1.807) is 0 Å². The van der Waals surface area contributed by atoms with Crippen molar-refractivity contribution in [3.8, 4) is 0 Å². The van der Waals surface area contributed by atoms with Gasteiger partial charge in [0.25, 0.3) is 0 Å². The van der Waals surface area contributed by atoms with Crippen LogP contribution in [-0.2, 0) is 15.6 Å². The highest BCUT2D eigenvalue weighted by atomic mass is 16.7. The van der Waals surface area contributed by atoms with Gasteiger partial charge in [0.1, 0.15) is 6.10 Å². The van der Waals surface area contributed by atoms with Gasteiger partial charge in [-0.2, -0.15) is 0 Å². The number of ether oxygens (including phenoxy) is 1. The smallest absolute Gasteiger partial charge is 0.450 e. The highest BCUT2D eigenvalue weighted by molar-refractivity contribution is 5.63. The summed E-state index contributed by atoms with van der Waals surface area (Å²) in [4.78, 5) is 11.3. The third kappa shape index (κ3) is 1.79. The van der Waals surface area contributed by atoms with E-state index in [9.17, 15) is 9.90 Å². The fourth-order valence-corrected chi connectivity index (χ4v) is 5.35. The van der Waals surface area contributed by atoms with Crippen molar-refractivity contribution in [2.75, 3.05) is 0 Å². The Morgan fingerprint density at radius 3 is 2.16 bits per heavy atom. The van der Waals surface area contributed by atoms with Crippen LogP contribution >= 0.6 is 0 Å². The van der Waals surface area contributed by atoms with E-state index in [2.05, 4.69) is 58.0 Å². The molecular weight excluding hydrogens is 312 g/mol. The Labute approximate surface area is 148 Å². The minimum Gasteiger partial charge on any atom is -0.450 e. The highest BCUT2D eigenvalue weighted by Gasteiger charge is 2.65. The van der Waals surface area contributed by atoms with Crippen LogP contribution in [0.4, 0.5) is 4.79 Å². The number of hydrogen-bond acceptors (Lipinski definition) is 2. The van der Waals surface area contributed by atoms with Gasteiger partial charge in [-0.15, -0.1) is 0 Å². The summed E-state index contributed by atoms with van der Waals surface area (Å²) in [7, 11) is 0. The lowest BCUT2D eigenvalue weighted by Gasteiger charge is -2.47. The standard InChI is InChI=1S/C22H24O3/c1-20(2)16-11-7-8-12-17(16)22(21(20,3)4)13-18(25-19(23)24)14-9-5-6-10-15(14)22/h5-12,18H,13H2,1-4H3,(H,23,24). The van der Waals surface area contributed by atoms with Crippen molar-refractivity contribution < 1.29 is 14.6 Å². The van der Waals surface area contributed by atoms with Crippen molar-refractivity contribution in [1.82, 2.24) is 0 Å². The number of hydrogen-bond donors (Lipinski definition) is 1. The lowest BCUT2D eigenvalue weighted by Crippen LogP contribution is -2.45. The topological polar surface area (TPSA) is 46.5 Å². The Kier molecular flexibility index (Phi) is 3.16. The maximum atomic E-state index is 11.3. The molecule has 1 spiro atoms. The summed E-state index contributed by atoms with van der Waals surface area (Å²) in [5.74, 6) is 0. The van der Waals surface area contributed by atoms with E-state index in [-0.39, 0.29) is 16.2 Å². The van der Waals surface area contributed by atoms with Gasteiger partial charge in [0.15, 0.2) is 0 Å². The van der Waals surface area contributed by atoms with Crippen molar-refractivity contribution in [2.24, 2.45) is 5.41 Å². The van der Waals surface area contributed by atoms with Crippen LogP contribution in [0.3, 0.4) is 0 Å². The predicted octanol–water partition coefficient (Wildman–Crippen LogP) is 5.43. The molecule has 2 aromatic rings. The van der Waals surface area contributed by atoms with E-state index in [1.807, 2.05) is 18.2 Å². The van der Waals surface area contributed by atoms with Crippen LogP contribution in [0.5, 0.6) is 0 Å². The second-order valence-electron chi connectivity index (χ2n) is 8.36. The third-order valence-corrected chi connectivity index (χ3v) is 7.19. The van der Waals surface area contributed by atoms with Gasteiger partial charge < -0.3 is 9.84 Å². The first-order chi connectivity index (χ1) is 11.7. The normalized spacial score (nSPS) is 27.8. The zero-order valence-electron chi connectivity index (χ0n) is 15.2. The first-order valence-corrected chi connectivity index (χ1v) is 8.82. The molecule has 0 aliphatic heterocycles. The van der Waals surface area contributed by atoms with Gasteiger partial charge >= 0.3 is 6.16 Å². The van der Waals surface area contributed by atoms with Gasteiger partial charge in [-0.3, -0.25) is 0 Å². The Balaban J connectivity index is 2.03. The van der Waals surface area contributed by atoms with Crippen LogP contribution in [0, 0.1) is 5.41 Å². The Hall–Kier alpha value is -2.29. The van der Waals surface area contributed by atoms with Crippen LogP contribution in [0.25, 0.3) is 0 Å². The zero-order valence-corrected chi connectivity index (χ0v) is 15.2. The number of carbonyl (C=O) groups is 1. The minimum absolute atomic E-state index is 0.0329. The summed E-state index contributed by atoms with van der Waals surface area (Å²) in [5, 5.41) is 9.24. The van der Waals surface area contributed by atoms with E-state index in [0.29, 0.717) is 6.42 Å². The molecule has 0 aromatic heterocycles. The molecule has 2 atom stereocenters. The molecular formula is C22H24O3. The lowest BCUT2D eigenvalue weighted by atomic mass is 9.55. The summed E-state index contributed by atoms with van der Waals surface area (Å²) >= 11 is 0. The molecule has 2 aliphatic carbocycles. The molecule has 25 heavy (non-hydrogen) atoms. The quantitative estimate of drug-likeness (QED) is 0.706. The average Bonchev–Trinajstić information content (AvgIpc) is 2.95. The van der Waals surface area contributed by atoms with Gasteiger partial charge in [-0.1, -0.05) is 76.2 Å². The molecule has 2 aromatic carbocycles. The molecule has 3 nitrogen and oxygen atoms in total. The van der Waals surface area contributed by atoms with Crippen LogP contribution < -0.4 is 0 Å². The fraction of sp³-hybridized carbons (Fsp3) is 0.409. The van der Waals surface area contributed by atoms with Crippen molar-refractivity contribution in [3.05, 3.63) is 70.8 Å². The summed E-state index contributed by atoms with van der Waals surface area (Å²) in [6, 6.07) is 16.8. The molecule has 130 valence electrons. The minimum atomic E-state index is -1.21. The highest BCUT2D eigenvalue weighted by Crippen LogP contribution is 2.69. The maximum Gasteiger partial charge on any atom is 0.506 e. The fourth-order valence-electron chi connectivity index (χ4n) is 5.35. The summed E-state index contributed by atoms with van der Waals surface area (Å²) in [6.07, 6.45) is -0.971. The van der Waals surface area contributed by atoms with E-state index in [0.717, 1.165) is 5.56 Å². The van der Waals surface area contributed by atoms with E-state index < -0.39 is 12.3 Å². The van der Waals surface area contributed by atoms with Crippen molar-refractivity contribution in [1.29, 1.82) is 0 Å². The summed E-state index contributed by atoms with van der Waals surface area (Å²) < 4.78 is 5.32. The van der Waals surface area contributed by atoms with Crippen molar-refractivity contribution in [3.63, 3.8) is 0 Å². The van der Waals surface area contributed by atoms with Gasteiger partial charge in [-0.05, 0) is 33.1 Å². The molecule has 3 heteroatoms. The average molecular weight is 336 g/mol. The lowest BCUT2D eigenvalue weighted by molar-refractivity contribution is 0.0320.